The Hall–Kier alpha value is -1.72. The number of sulfone groups is 1. The highest BCUT2D eigenvalue weighted by atomic mass is 35.5. The highest BCUT2D eigenvalue weighted by Gasteiger charge is 2.59. The van der Waals surface area contributed by atoms with Crippen molar-refractivity contribution < 1.29 is 17.6 Å². The Balaban J connectivity index is 1.97. The molecule has 0 aliphatic heterocycles. The van der Waals surface area contributed by atoms with E-state index in [2.05, 4.69) is 0 Å². The van der Waals surface area contributed by atoms with E-state index < -0.39 is 32.7 Å². The molecule has 3 rings (SSSR count). The van der Waals surface area contributed by atoms with Crippen molar-refractivity contribution in [1.29, 1.82) is 0 Å². The van der Waals surface area contributed by atoms with Crippen molar-refractivity contribution in [2.75, 3.05) is 0 Å². The zero-order chi connectivity index (χ0) is 15.9. The van der Waals surface area contributed by atoms with Crippen LogP contribution in [0.2, 0.25) is 5.02 Å². The fourth-order valence-corrected chi connectivity index (χ4v) is 5.01. The van der Waals surface area contributed by atoms with Crippen LogP contribution in [0.25, 0.3) is 0 Å². The zero-order valence-corrected chi connectivity index (χ0v) is 12.9. The van der Waals surface area contributed by atoms with Crippen molar-refractivity contribution in [3.8, 4) is 0 Å². The van der Waals surface area contributed by atoms with Gasteiger partial charge in [0, 0.05) is 16.9 Å². The number of hydrogen-bond donors (Lipinski definition) is 0. The van der Waals surface area contributed by atoms with E-state index >= 15 is 0 Å². The molecule has 0 saturated heterocycles. The molecule has 114 valence electrons. The number of rotatable bonds is 4. The summed E-state index contributed by atoms with van der Waals surface area (Å²) < 4.78 is 38.6. The molecule has 1 saturated carbocycles. The van der Waals surface area contributed by atoms with Gasteiger partial charge in [-0.15, -0.1) is 0 Å². The molecule has 0 unspecified atom stereocenters. The van der Waals surface area contributed by atoms with Gasteiger partial charge in [-0.1, -0.05) is 23.7 Å². The molecule has 0 radical (unpaired) electrons. The molecule has 22 heavy (non-hydrogen) atoms. The lowest BCUT2D eigenvalue weighted by molar-refractivity contribution is -0.108. The second-order valence-corrected chi connectivity index (χ2v) is 7.80. The third kappa shape index (κ3) is 2.55. The molecule has 2 aromatic rings. The van der Waals surface area contributed by atoms with E-state index in [-0.39, 0.29) is 4.90 Å². The van der Waals surface area contributed by atoms with Gasteiger partial charge in [-0.05, 0) is 42.0 Å². The van der Waals surface area contributed by atoms with E-state index in [0.29, 0.717) is 16.9 Å². The third-order valence-corrected chi connectivity index (χ3v) is 6.40. The van der Waals surface area contributed by atoms with Crippen molar-refractivity contribution in [3.05, 3.63) is 64.9 Å². The first-order valence-electron chi connectivity index (χ1n) is 6.65. The van der Waals surface area contributed by atoms with Crippen LogP contribution in [0.5, 0.6) is 0 Å². The summed E-state index contributed by atoms with van der Waals surface area (Å²) in [6.07, 6.45) is 0.633. The molecule has 0 heterocycles. The second-order valence-electron chi connectivity index (χ2n) is 5.26. The van der Waals surface area contributed by atoms with Crippen LogP contribution in [0.3, 0.4) is 0 Å². The minimum Gasteiger partial charge on any atom is -0.303 e. The number of halogens is 2. The maximum atomic E-state index is 13.3. The molecule has 0 bridgehead atoms. The number of benzene rings is 2. The summed E-state index contributed by atoms with van der Waals surface area (Å²) >= 11 is 5.76. The predicted octanol–water partition coefficient (Wildman–Crippen LogP) is 3.23. The van der Waals surface area contributed by atoms with Gasteiger partial charge in [0.2, 0.25) is 0 Å². The van der Waals surface area contributed by atoms with Crippen LogP contribution in [0.15, 0.2) is 53.4 Å². The third-order valence-electron chi connectivity index (χ3n) is 3.90. The van der Waals surface area contributed by atoms with Gasteiger partial charge in [0.1, 0.15) is 12.1 Å². The van der Waals surface area contributed by atoms with Crippen molar-refractivity contribution in [1.82, 2.24) is 0 Å². The molecule has 1 aliphatic rings. The van der Waals surface area contributed by atoms with Gasteiger partial charge in [0.15, 0.2) is 9.84 Å². The predicted molar refractivity (Wildman–Crippen MR) is 81.1 cm³/mol. The molecule has 1 fully saturated rings. The molecule has 0 spiro atoms. The van der Waals surface area contributed by atoms with Gasteiger partial charge in [-0.3, -0.25) is 0 Å². The number of aldehydes is 1. The van der Waals surface area contributed by atoms with Crippen LogP contribution in [0, 0.1) is 11.7 Å². The Morgan fingerprint density at radius 1 is 1.09 bits per heavy atom. The highest BCUT2D eigenvalue weighted by Crippen LogP contribution is 2.52. The van der Waals surface area contributed by atoms with Crippen LogP contribution in [-0.4, -0.2) is 20.0 Å². The first-order valence-corrected chi connectivity index (χ1v) is 8.58. The first kappa shape index (κ1) is 15.2. The summed E-state index contributed by atoms with van der Waals surface area (Å²) in [7, 11) is -3.67. The summed E-state index contributed by atoms with van der Waals surface area (Å²) in [4.78, 5) is 11.3. The monoisotopic (exact) mass is 338 g/mol. The van der Waals surface area contributed by atoms with Crippen molar-refractivity contribution in [3.63, 3.8) is 0 Å². The Morgan fingerprint density at radius 3 is 2.36 bits per heavy atom. The largest absolute Gasteiger partial charge is 0.303 e. The Morgan fingerprint density at radius 2 is 1.77 bits per heavy atom. The van der Waals surface area contributed by atoms with Crippen molar-refractivity contribution in [2.24, 2.45) is 5.92 Å². The number of carbonyl (C=O) groups is 1. The van der Waals surface area contributed by atoms with E-state index in [9.17, 15) is 17.6 Å². The molecule has 2 aromatic carbocycles. The minimum atomic E-state index is -3.67. The molecule has 3 nitrogen and oxygen atoms in total. The molecule has 0 amide bonds. The van der Waals surface area contributed by atoms with Crippen molar-refractivity contribution in [2.45, 2.75) is 16.1 Å². The second kappa shape index (κ2) is 5.48. The summed E-state index contributed by atoms with van der Waals surface area (Å²) in [6.45, 7) is 0. The molecular weight excluding hydrogens is 327 g/mol. The molecule has 1 aliphatic carbocycles. The van der Waals surface area contributed by atoms with Crippen LogP contribution in [-0.2, 0) is 14.6 Å². The lowest BCUT2D eigenvalue weighted by atomic mass is 10.1. The highest BCUT2D eigenvalue weighted by molar-refractivity contribution is 7.92. The summed E-state index contributed by atoms with van der Waals surface area (Å²) in [5, 5.41) is -0.420. The molecule has 3 atom stereocenters. The van der Waals surface area contributed by atoms with Gasteiger partial charge in [0.25, 0.3) is 0 Å². The molecular formula is C16H12ClFO3S. The Bertz CT molecular complexity index is 818. The molecule has 0 N–H and O–H groups in total. The van der Waals surface area contributed by atoms with Gasteiger partial charge < -0.3 is 4.79 Å². The van der Waals surface area contributed by atoms with Crippen molar-refractivity contribution >= 4 is 27.7 Å². The Kier molecular flexibility index (Phi) is 3.78. The van der Waals surface area contributed by atoms with Crippen LogP contribution in [0.4, 0.5) is 4.39 Å². The smallest absolute Gasteiger partial charge is 0.182 e. The standard InChI is InChI=1S/C16H12ClFO3S/c17-11-4-6-13(7-5-11)22(20,21)16-14(9-19)15(16)10-2-1-3-12(18)8-10/h1-9,14-16H/t14-,15+,16-/m1/s1. The quantitative estimate of drug-likeness (QED) is 0.804. The number of hydrogen-bond acceptors (Lipinski definition) is 3. The minimum absolute atomic E-state index is 0.118. The van der Waals surface area contributed by atoms with E-state index in [1.165, 1.54) is 42.5 Å². The number of carbonyl (C=O) groups excluding carboxylic acids is 1. The first-order chi connectivity index (χ1) is 10.4. The van der Waals surface area contributed by atoms with Gasteiger partial charge in [-0.25, -0.2) is 12.8 Å². The van der Waals surface area contributed by atoms with Crippen LogP contribution >= 0.6 is 11.6 Å². The van der Waals surface area contributed by atoms with E-state index in [0.717, 1.165) is 0 Å². The summed E-state index contributed by atoms with van der Waals surface area (Å²) in [5.41, 5.74) is 0.527. The lowest BCUT2D eigenvalue weighted by Crippen LogP contribution is -2.11. The van der Waals surface area contributed by atoms with Crippen LogP contribution in [0.1, 0.15) is 11.5 Å². The van der Waals surface area contributed by atoms with Crippen LogP contribution < -0.4 is 0 Å². The summed E-state index contributed by atoms with van der Waals surface area (Å²) in [6, 6.07) is 11.5. The zero-order valence-electron chi connectivity index (χ0n) is 11.3. The van der Waals surface area contributed by atoms with E-state index in [1.54, 1.807) is 6.07 Å². The average Bonchev–Trinajstić information content (AvgIpc) is 3.23. The van der Waals surface area contributed by atoms with Gasteiger partial charge >= 0.3 is 0 Å². The SMILES string of the molecule is O=C[C@@H]1[C@H](c2cccc(F)c2)[C@@H]1S(=O)(=O)c1ccc(Cl)cc1. The average molecular weight is 339 g/mol. The van der Waals surface area contributed by atoms with Gasteiger partial charge in [0.05, 0.1) is 10.1 Å². The maximum Gasteiger partial charge on any atom is 0.182 e. The summed E-state index contributed by atoms with van der Waals surface area (Å²) in [5.74, 6) is -1.60. The molecule has 0 aromatic heterocycles. The normalized spacial score (nSPS) is 24.0. The fourth-order valence-electron chi connectivity index (χ4n) is 2.77. The maximum absolute atomic E-state index is 13.3. The van der Waals surface area contributed by atoms with E-state index in [1.807, 2.05) is 0 Å². The van der Waals surface area contributed by atoms with Gasteiger partial charge in [-0.2, -0.15) is 0 Å². The Labute approximate surface area is 132 Å². The molecule has 6 heteroatoms. The fraction of sp³-hybridized carbons (Fsp3) is 0.188. The topological polar surface area (TPSA) is 51.2 Å². The lowest BCUT2D eigenvalue weighted by Gasteiger charge is -2.04. The van der Waals surface area contributed by atoms with E-state index in [4.69, 9.17) is 11.6 Å².